The van der Waals surface area contributed by atoms with Gasteiger partial charge in [0.2, 0.25) is 5.91 Å². The molecule has 0 saturated carbocycles. The SMILES string of the molecule is COCC(C)Oc1ccc(N)c(C(=N)c2cc(N3CCC4(CCN(C)C4=O)CC3)ncn2)c1. The predicted octanol–water partition coefficient (Wildman–Crippen LogP) is 2.34. The number of rotatable bonds is 7. The van der Waals surface area contributed by atoms with Crippen molar-refractivity contribution in [1.82, 2.24) is 14.9 Å². The number of aromatic nitrogens is 2. The van der Waals surface area contributed by atoms with Gasteiger partial charge in [0.05, 0.1) is 23.4 Å². The number of hydrogen-bond donors (Lipinski definition) is 2. The second-order valence-electron chi connectivity index (χ2n) is 9.01. The summed E-state index contributed by atoms with van der Waals surface area (Å²) in [5.41, 5.74) is 7.70. The molecule has 1 amide bonds. The van der Waals surface area contributed by atoms with Crippen molar-refractivity contribution in [3.8, 4) is 5.75 Å². The second kappa shape index (κ2) is 9.35. The van der Waals surface area contributed by atoms with E-state index < -0.39 is 0 Å². The van der Waals surface area contributed by atoms with Crippen LogP contribution >= 0.6 is 0 Å². The molecule has 0 aliphatic carbocycles. The van der Waals surface area contributed by atoms with E-state index in [1.807, 2.05) is 24.9 Å². The summed E-state index contributed by atoms with van der Waals surface area (Å²) in [5, 5.41) is 8.74. The number of piperidine rings is 1. The number of ether oxygens (including phenoxy) is 2. The highest BCUT2D eigenvalue weighted by molar-refractivity contribution is 6.13. The van der Waals surface area contributed by atoms with Crippen LogP contribution in [0, 0.1) is 10.8 Å². The molecule has 1 spiro atoms. The minimum absolute atomic E-state index is 0.125. The Labute approximate surface area is 194 Å². The van der Waals surface area contributed by atoms with Gasteiger partial charge in [-0.15, -0.1) is 0 Å². The van der Waals surface area contributed by atoms with Crippen LogP contribution in [0.1, 0.15) is 37.4 Å². The third-order valence-corrected chi connectivity index (χ3v) is 6.71. The van der Waals surface area contributed by atoms with Crippen molar-refractivity contribution in [2.75, 3.05) is 51.0 Å². The lowest BCUT2D eigenvalue weighted by Crippen LogP contribution is -2.44. The fourth-order valence-electron chi connectivity index (χ4n) is 4.74. The Kier molecular flexibility index (Phi) is 6.51. The summed E-state index contributed by atoms with van der Waals surface area (Å²) in [4.78, 5) is 25.4. The molecular weight excluding hydrogens is 420 g/mol. The van der Waals surface area contributed by atoms with E-state index in [4.69, 9.17) is 20.6 Å². The number of nitrogens with zero attached hydrogens (tertiary/aromatic N) is 4. The Hall–Kier alpha value is -3.20. The number of amides is 1. The number of benzene rings is 1. The van der Waals surface area contributed by atoms with Crippen molar-refractivity contribution in [2.24, 2.45) is 5.41 Å². The smallest absolute Gasteiger partial charge is 0.228 e. The number of anilines is 2. The quantitative estimate of drug-likeness (QED) is 0.489. The van der Waals surface area contributed by atoms with Gasteiger partial charge in [-0.3, -0.25) is 10.2 Å². The van der Waals surface area contributed by atoms with Gasteiger partial charge in [-0.25, -0.2) is 9.97 Å². The zero-order valence-corrected chi connectivity index (χ0v) is 19.5. The average molecular weight is 453 g/mol. The Morgan fingerprint density at radius 2 is 1.94 bits per heavy atom. The average Bonchev–Trinajstić information content (AvgIpc) is 3.09. The van der Waals surface area contributed by atoms with E-state index >= 15 is 0 Å². The molecule has 2 fully saturated rings. The Bertz CT molecular complexity index is 1030. The Balaban J connectivity index is 1.49. The molecule has 0 radical (unpaired) electrons. The second-order valence-corrected chi connectivity index (χ2v) is 9.01. The van der Waals surface area contributed by atoms with E-state index in [9.17, 15) is 4.79 Å². The van der Waals surface area contributed by atoms with Crippen LogP contribution in [0.4, 0.5) is 11.5 Å². The summed E-state index contributed by atoms with van der Waals surface area (Å²) in [6.45, 7) is 4.73. The van der Waals surface area contributed by atoms with Crippen molar-refractivity contribution in [3.05, 3.63) is 41.9 Å². The number of nitrogen functional groups attached to an aromatic ring is 1. The molecule has 9 heteroatoms. The molecule has 2 aromatic rings. The fourth-order valence-corrected chi connectivity index (χ4v) is 4.74. The largest absolute Gasteiger partial charge is 0.488 e. The lowest BCUT2D eigenvalue weighted by Gasteiger charge is -2.38. The van der Waals surface area contributed by atoms with E-state index in [2.05, 4.69) is 14.9 Å². The number of likely N-dealkylation sites (tertiary alicyclic amines) is 1. The molecule has 0 bridgehead atoms. The van der Waals surface area contributed by atoms with E-state index in [-0.39, 0.29) is 23.1 Å². The highest BCUT2D eigenvalue weighted by Gasteiger charge is 2.47. The predicted molar refractivity (Wildman–Crippen MR) is 127 cm³/mol. The molecular formula is C24H32N6O3. The zero-order valence-electron chi connectivity index (χ0n) is 19.5. The highest BCUT2D eigenvalue weighted by atomic mass is 16.5. The first-order chi connectivity index (χ1) is 15.8. The van der Waals surface area contributed by atoms with Crippen molar-refractivity contribution in [2.45, 2.75) is 32.3 Å². The van der Waals surface area contributed by atoms with Crippen LogP contribution < -0.4 is 15.4 Å². The maximum absolute atomic E-state index is 12.6. The van der Waals surface area contributed by atoms with Crippen LogP contribution in [-0.2, 0) is 9.53 Å². The van der Waals surface area contributed by atoms with Crippen molar-refractivity contribution < 1.29 is 14.3 Å². The van der Waals surface area contributed by atoms with Crippen LogP contribution in [-0.4, -0.2) is 73.0 Å². The van der Waals surface area contributed by atoms with Gasteiger partial charge < -0.3 is 25.0 Å². The molecule has 3 N–H and O–H groups in total. The topological polar surface area (TPSA) is 118 Å². The highest BCUT2D eigenvalue weighted by Crippen LogP contribution is 2.41. The van der Waals surface area contributed by atoms with Crippen LogP contribution in [0.2, 0.25) is 0 Å². The maximum Gasteiger partial charge on any atom is 0.228 e. The third-order valence-electron chi connectivity index (χ3n) is 6.71. The summed E-state index contributed by atoms with van der Waals surface area (Å²) < 4.78 is 11.0. The van der Waals surface area contributed by atoms with Crippen LogP contribution in [0.15, 0.2) is 30.6 Å². The van der Waals surface area contributed by atoms with Gasteiger partial charge in [-0.2, -0.15) is 0 Å². The molecule has 1 aromatic heterocycles. The van der Waals surface area contributed by atoms with Gasteiger partial charge in [0.15, 0.2) is 0 Å². The van der Waals surface area contributed by atoms with Gasteiger partial charge in [0.25, 0.3) is 0 Å². The zero-order chi connectivity index (χ0) is 23.6. The molecule has 2 aliphatic heterocycles. The number of carbonyl (C=O) groups excluding carboxylic acids is 1. The lowest BCUT2D eigenvalue weighted by molar-refractivity contribution is -0.135. The number of nitrogens with one attached hydrogen (secondary N) is 1. The molecule has 1 aromatic carbocycles. The fraction of sp³-hybridized carbons (Fsp3) is 0.500. The third kappa shape index (κ3) is 4.64. The molecule has 33 heavy (non-hydrogen) atoms. The van der Waals surface area contributed by atoms with Gasteiger partial charge in [-0.05, 0) is 44.4 Å². The number of nitrogens with two attached hydrogens (primary N) is 1. The Morgan fingerprint density at radius 1 is 1.21 bits per heavy atom. The molecule has 9 nitrogen and oxygen atoms in total. The monoisotopic (exact) mass is 452 g/mol. The van der Waals surface area contributed by atoms with E-state index in [1.165, 1.54) is 6.33 Å². The van der Waals surface area contributed by atoms with Crippen molar-refractivity contribution >= 4 is 23.1 Å². The van der Waals surface area contributed by atoms with Gasteiger partial charge in [0.1, 0.15) is 24.0 Å². The van der Waals surface area contributed by atoms with Gasteiger partial charge in [-0.1, -0.05) is 0 Å². The number of hydrogen-bond acceptors (Lipinski definition) is 8. The normalized spacial score (nSPS) is 18.6. The van der Waals surface area contributed by atoms with Crippen LogP contribution in [0.5, 0.6) is 5.75 Å². The molecule has 2 aliphatic rings. The Morgan fingerprint density at radius 3 is 2.61 bits per heavy atom. The van der Waals surface area contributed by atoms with E-state index in [0.29, 0.717) is 29.3 Å². The minimum atomic E-state index is -0.220. The van der Waals surface area contributed by atoms with Gasteiger partial charge >= 0.3 is 0 Å². The first kappa shape index (κ1) is 23.0. The van der Waals surface area contributed by atoms with E-state index in [1.54, 1.807) is 25.3 Å². The molecule has 4 rings (SSSR count). The molecule has 1 unspecified atom stereocenters. The number of carbonyl (C=O) groups is 1. The van der Waals surface area contributed by atoms with E-state index in [0.717, 1.165) is 44.7 Å². The lowest BCUT2D eigenvalue weighted by atomic mass is 9.77. The minimum Gasteiger partial charge on any atom is -0.488 e. The van der Waals surface area contributed by atoms with Crippen molar-refractivity contribution in [1.29, 1.82) is 5.41 Å². The maximum atomic E-state index is 12.6. The molecule has 2 saturated heterocycles. The number of methoxy groups -OCH3 is 1. The van der Waals surface area contributed by atoms with Gasteiger partial charge in [0, 0.05) is 51.1 Å². The summed E-state index contributed by atoms with van der Waals surface area (Å²) >= 11 is 0. The summed E-state index contributed by atoms with van der Waals surface area (Å²) in [6.07, 6.45) is 3.92. The molecule has 176 valence electrons. The van der Waals surface area contributed by atoms with Crippen LogP contribution in [0.25, 0.3) is 0 Å². The first-order valence-electron chi connectivity index (χ1n) is 11.3. The first-order valence-corrected chi connectivity index (χ1v) is 11.3. The standard InChI is InChI=1S/C24H32N6O3/c1-16(14-32-3)33-17-4-5-19(25)18(12-17)22(26)20-13-21(28-15-27-20)30-10-7-24(8-11-30)6-9-29(2)23(24)31/h4-5,12-13,15-16,26H,6-11,14,25H2,1-3H3. The summed E-state index contributed by atoms with van der Waals surface area (Å²) in [5.74, 6) is 1.65. The van der Waals surface area contributed by atoms with Crippen molar-refractivity contribution in [3.63, 3.8) is 0 Å². The summed E-state index contributed by atoms with van der Waals surface area (Å²) in [6, 6.07) is 7.11. The molecule has 1 atom stereocenters. The molecule has 3 heterocycles. The summed E-state index contributed by atoms with van der Waals surface area (Å²) in [7, 11) is 3.51. The van der Waals surface area contributed by atoms with Crippen LogP contribution in [0.3, 0.4) is 0 Å².